The molecule has 1 saturated heterocycles. The molecule has 43 heavy (non-hydrogen) atoms. The summed E-state index contributed by atoms with van der Waals surface area (Å²) >= 11 is 0. The number of piperidine rings is 1. The van der Waals surface area contributed by atoms with Crippen LogP contribution in [-0.4, -0.2) is 79.7 Å². The molecule has 1 aliphatic rings. The number of aryl methyl sites for hydroxylation is 1. The van der Waals surface area contributed by atoms with Crippen LogP contribution >= 0.6 is 0 Å². The lowest BCUT2D eigenvalue weighted by Gasteiger charge is -2.26. The standard InChI is InChI=1S/C30H41N7O5S/c1-20-10-11-21(16-26(20)37-19-25(33-35-37)29(39)31-12-15-36-13-8-7-9-14-36)28(38)32-23-17-22(30(2,3)4)18-24(27(23)42-5)34-43(6,40)41/h10-11,16-19,34H,7-9,12-15H2,1-6H3,(H,31,39)(H,32,38). The zero-order chi connectivity index (χ0) is 31.4. The van der Waals surface area contributed by atoms with Crippen molar-refractivity contribution in [3.05, 3.63) is 58.9 Å². The smallest absolute Gasteiger partial charge is 0.273 e. The third-order valence-electron chi connectivity index (χ3n) is 7.31. The Kier molecular flexibility index (Phi) is 9.75. The Morgan fingerprint density at radius 2 is 1.72 bits per heavy atom. The van der Waals surface area contributed by atoms with Gasteiger partial charge in [0.2, 0.25) is 10.0 Å². The zero-order valence-electron chi connectivity index (χ0n) is 25.7. The van der Waals surface area contributed by atoms with Gasteiger partial charge in [0.15, 0.2) is 11.4 Å². The molecule has 0 saturated carbocycles. The maximum absolute atomic E-state index is 13.5. The van der Waals surface area contributed by atoms with Gasteiger partial charge in [-0.3, -0.25) is 14.3 Å². The lowest BCUT2D eigenvalue weighted by atomic mass is 9.86. The molecule has 3 aromatic rings. The summed E-state index contributed by atoms with van der Waals surface area (Å²) in [6.45, 7) is 11.3. The molecule has 2 aromatic carbocycles. The van der Waals surface area contributed by atoms with E-state index >= 15 is 0 Å². The molecule has 2 heterocycles. The Balaban J connectivity index is 1.54. The Bertz CT molecular complexity index is 1590. The molecular formula is C30H41N7O5S. The first-order valence-corrected chi connectivity index (χ1v) is 16.2. The number of nitrogens with one attached hydrogen (secondary N) is 3. The number of ether oxygens (including phenoxy) is 1. The van der Waals surface area contributed by atoms with Crippen LogP contribution in [-0.2, 0) is 15.4 Å². The molecule has 4 rings (SSSR count). The molecule has 0 atom stereocenters. The van der Waals surface area contributed by atoms with Gasteiger partial charge in [0.05, 0.1) is 36.6 Å². The largest absolute Gasteiger partial charge is 0.492 e. The van der Waals surface area contributed by atoms with Crippen LogP contribution in [0.15, 0.2) is 36.5 Å². The van der Waals surface area contributed by atoms with E-state index in [0.717, 1.165) is 37.0 Å². The molecule has 2 amide bonds. The fourth-order valence-corrected chi connectivity index (χ4v) is 5.48. The number of benzene rings is 2. The van der Waals surface area contributed by atoms with Crippen LogP contribution in [0.25, 0.3) is 5.69 Å². The summed E-state index contributed by atoms with van der Waals surface area (Å²) < 4.78 is 33.6. The van der Waals surface area contributed by atoms with Crippen LogP contribution in [0.3, 0.4) is 0 Å². The number of carbonyl (C=O) groups is 2. The van der Waals surface area contributed by atoms with Gasteiger partial charge in [-0.05, 0) is 73.7 Å². The highest BCUT2D eigenvalue weighted by atomic mass is 32.2. The SMILES string of the molecule is COc1c(NC(=O)c2ccc(C)c(-n3cc(C(=O)NCCN4CCCCC4)nn3)c2)cc(C(C)(C)C)cc1NS(C)(=O)=O. The van der Waals surface area contributed by atoms with E-state index in [9.17, 15) is 18.0 Å². The first-order valence-electron chi connectivity index (χ1n) is 14.3. The first kappa shape index (κ1) is 32.0. The van der Waals surface area contributed by atoms with E-state index in [-0.39, 0.29) is 28.5 Å². The quantitative estimate of drug-likeness (QED) is 0.314. The zero-order valence-corrected chi connectivity index (χ0v) is 26.5. The summed E-state index contributed by atoms with van der Waals surface area (Å²) in [5.41, 5.74) is 2.91. The van der Waals surface area contributed by atoms with Crippen molar-refractivity contribution in [2.75, 3.05) is 49.6 Å². The second-order valence-electron chi connectivity index (χ2n) is 11.9. The normalized spacial score (nSPS) is 14.3. The maximum Gasteiger partial charge on any atom is 0.273 e. The summed E-state index contributed by atoms with van der Waals surface area (Å²) in [4.78, 5) is 28.5. The van der Waals surface area contributed by atoms with Gasteiger partial charge in [0.25, 0.3) is 11.8 Å². The molecule has 0 spiro atoms. The van der Waals surface area contributed by atoms with Crippen molar-refractivity contribution in [2.24, 2.45) is 0 Å². The lowest BCUT2D eigenvalue weighted by molar-refractivity contribution is 0.0940. The number of methoxy groups -OCH3 is 1. The second kappa shape index (κ2) is 13.1. The third kappa shape index (κ3) is 8.32. The van der Waals surface area contributed by atoms with Crippen molar-refractivity contribution in [3.8, 4) is 11.4 Å². The molecular weight excluding hydrogens is 570 g/mol. The highest BCUT2D eigenvalue weighted by molar-refractivity contribution is 7.92. The van der Waals surface area contributed by atoms with Gasteiger partial charge >= 0.3 is 0 Å². The van der Waals surface area contributed by atoms with Crippen LogP contribution in [0, 0.1) is 6.92 Å². The fraction of sp³-hybridized carbons (Fsp3) is 0.467. The van der Waals surface area contributed by atoms with Crippen molar-refractivity contribution in [3.63, 3.8) is 0 Å². The van der Waals surface area contributed by atoms with E-state index < -0.39 is 15.9 Å². The number of hydrogen-bond acceptors (Lipinski definition) is 8. The highest BCUT2D eigenvalue weighted by Crippen LogP contribution is 2.39. The van der Waals surface area contributed by atoms with Crippen LogP contribution in [0.2, 0.25) is 0 Å². The van der Waals surface area contributed by atoms with Gasteiger partial charge in [-0.1, -0.05) is 38.5 Å². The van der Waals surface area contributed by atoms with Gasteiger partial charge < -0.3 is 20.3 Å². The van der Waals surface area contributed by atoms with Gasteiger partial charge in [-0.25, -0.2) is 13.1 Å². The molecule has 1 aliphatic heterocycles. The van der Waals surface area contributed by atoms with E-state index in [1.54, 1.807) is 36.5 Å². The van der Waals surface area contributed by atoms with Crippen LogP contribution < -0.4 is 20.1 Å². The van der Waals surface area contributed by atoms with E-state index in [1.807, 2.05) is 27.7 Å². The number of amides is 2. The number of rotatable bonds is 10. The topological polar surface area (TPSA) is 148 Å². The van der Waals surface area contributed by atoms with Crippen LogP contribution in [0.5, 0.6) is 5.75 Å². The summed E-state index contributed by atoms with van der Waals surface area (Å²) in [6, 6.07) is 8.59. The molecule has 0 radical (unpaired) electrons. The number of anilines is 2. The molecule has 3 N–H and O–H groups in total. The predicted molar refractivity (Wildman–Crippen MR) is 167 cm³/mol. The summed E-state index contributed by atoms with van der Waals surface area (Å²) in [7, 11) is -2.21. The van der Waals surface area contributed by atoms with Crippen LogP contribution in [0.4, 0.5) is 11.4 Å². The minimum absolute atomic E-state index is 0.183. The summed E-state index contributed by atoms with van der Waals surface area (Å²) in [6.07, 6.45) is 6.24. The average Bonchev–Trinajstić information content (AvgIpc) is 3.42. The average molecular weight is 612 g/mol. The number of sulfonamides is 1. The summed E-state index contributed by atoms with van der Waals surface area (Å²) in [5, 5.41) is 14.0. The Morgan fingerprint density at radius 1 is 1.02 bits per heavy atom. The monoisotopic (exact) mass is 611 g/mol. The molecule has 13 heteroatoms. The van der Waals surface area contributed by atoms with Crippen LogP contribution in [0.1, 0.15) is 72.0 Å². The molecule has 0 aliphatic carbocycles. The van der Waals surface area contributed by atoms with E-state index in [1.165, 1.54) is 31.1 Å². The minimum atomic E-state index is -3.61. The highest BCUT2D eigenvalue weighted by Gasteiger charge is 2.23. The number of aromatic nitrogens is 3. The van der Waals surface area contributed by atoms with Crippen molar-refractivity contribution in [2.45, 2.75) is 52.4 Å². The van der Waals surface area contributed by atoms with Gasteiger partial charge in [-0.15, -0.1) is 5.10 Å². The molecule has 232 valence electrons. The Labute approximate surface area is 253 Å². The predicted octanol–water partition coefficient (Wildman–Crippen LogP) is 3.72. The molecule has 1 aromatic heterocycles. The molecule has 0 bridgehead atoms. The molecule has 0 unspecified atom stereocenters. The van der Waals surface area contributed by atoms with E-state index in [4.69, 9.17) is 4.74 Å². The number of hydrogen-bond donors (Lipinski definition) is 3. The molecule has 12 nitrogen and oxygen atoms in total. The van der Waals surface area contributed by atoms with E-state index in [0.29, 0.717) is 23.5 Å². The Morgan fingerprint density at radius 3 is 2.37 bits per heavy atom. The fourth-order valence-electron chi connectivity index (χ4n) is 4.93. The molecule has 1 fully saturated rings. The van der Waals surface area contributed by atoms with Crippen molar-refractivity contribution < 1.29 is 22.7 Å². The lowest BCUT2D eigenvalue weighted by Crippen LogP contribution is -2.37. The minimum Gasteiger partial charge on any atom is -0.492 e. The number of nitrogens with zero attached hydrogens (tertiary/aromatic N) is 4. The third-order valence-corrected chi connectivity index (χ3v) is 7.90. The van der Waals surface area contributed by atoms with Gasteiger partial charge in [0, 0.05) is 18.7 Å². The first-order chi connectivity index (χ1) is 20.2. The summed E-state index contributed by atoms with van der Waals surface area (Å²) in [5.74, 6) is -0.558. The maximum atomic E-state index is 13.5. The Hall–Kier alpha value is -3.97. The van der Waals surface area contributed by atoms with Crippen molar-refractivity contribution in [1.82, 2.24) is 25.2 Å². The van der Waals surface area contributed by atoms with Gasteiger partial charge in [-0.2, -0.15) is 0 Å². The van der Waals surface area contributed by atoms with E-state index in [2.05, 4.69) is 30.6 Å². The van der Waals surface area contributed by atoms with Gasteiger partial charge in [0.1, 0.15) is 0 Å². The van der Waals surface area contributed by atoms with Crippen molar-refractivity contribution in [1.29, 1.82) is 0 Å². The number of likely N-dealkylation sites (tertiary alicyclic amines) is 1. The number of carbonyl (C=O) groups excluding carboxylic acids is 2. The second-order valence-corrected chi connectivity index (χ2v) is 13.6. The van der Waals surface area contributed by atoms with Crippen molar-refractivity contribution >= 4 is 33.2 Å².